The highest BCUT2D eigenvalue weighted by Gasteiger charge is 2.21. The van der Waals surface area contributed by atoms with Crippen molar-refractivity contribution in [1.29, 1.82) is 0 Å². The molecule has 2 nitrogen and oxygen atoms in total. The van der Waals surface area contributed by atoms with Crippen LogP contribution in [0.15, 0.2) is 0 Å². The van der Waals surface area contributed by atoms with E-state index in [2.05, 4.69) is 45.0 Å². The summed E-state index contributed by atoms with van der Waals surface area (Å²) in [7, 11) is 2.23. The molecule has 0 spiro atoms. The van der Waals surface area contributed by atoms with Crippen molar-refractivity contribution < 1.29 is 0 Å². The first-order valence-corrected chi connectivity index (χ1v) is 8.92. The number of hydrogen-bond acceptors (Lipinski definition) is 2. The highest BCUT2D eigenvalue weighted by atomic mass is 15.1. The summed E-state index contributed by atoms with van der Waals surface area (Å²) in [5.41, 5.74) is 0. The molecule has 0 bridgehead atoms. The Morgan fingerprint density at radius 3 is 2.50 bits per heavy atom. The standard InChI is InChI=1S/C18H38N2/c1-15(2)13-17-9-8-10-18(14-17)19-11-6-7-12-20(5)16(3)4/h15-19H,6-14H2,1-5H3. The first kappa shape index (κ1) is 18.0. The van der Waals surface area contributed by atoms with E-state index in [4.69, 9.17) is 0 Å². The summed E-state index contributed by atoms with van der Waals surface area (Å²) in [6, 6.07) is 1.48. The smallest absolute Gasteiger partial charge is 0.00697 e. The van der Waals surface area contributed by atoms with E-state index in [1.807, 2.05) is 0 Å². The van der Waals surface area contributed by atoms with E-state index in [0.29, 0.717) is 6.04 Å². The molecule has 2 atom stereocenters. The van der Waals surface area contributed by atoms with Crippen molar-refractivity contribution in [3.05, 3.63) is 0 Å². The van der Waals surface area contributed by atoms with Crippen LogP contribution in [0.3, 0.4) is 0 Å². The highest BCUT2D eigenvalue weighted by molar-refractivity contribution is 4.78. The molecule has 0 heterocycles. The molecule has 0 saturated heterocycles. The molecular formula is C18H38N2. The van der Waals surface area contributed by atoms with Crippen LogP contribution in [-0.2, 0) is 0 Å². The molecule has 1 fully saturated rings. The molecule has 0 radical (unpaired) electrons. The predicted molar refractivity (Wildman–Crippen MR) is 90.2 cm³/mol. The molecule has 0 aliphatic heterocycles. The minimum atomic E-state index is 0.679. The second-order valence-corrected chi connectivity index (χ2v) is 7.59. The van der Waals surface area contributed by atoms with E-state index in [1.165, 1.54) is 58.0 Å². The Kier molecular flexibility index (Phi) is 8.79. The van der Waals surface area contributed by atoms with Gasteiger partial charge in [0, 0.05) is 12.1 Å². The van der Waals surface area contributed by atoms with Crippen LogP contribution in [0.25, 0.3) is 0 Å². The zero-order valence-corrected chi connectivity index (χ0v) is 14.6. The molecule has 2 unspecified atom stereocenters. The highest BCUT2D eigenvalue weighted by Crippen LogP contribution is 2.29. The molecule has 1 aliphatic carbocycles. The average Bonchev–Trinajstić information content (AvgIpc) is 2.37. The van der Waals surface area contributed by atoms with Crippen molar-refractivity contribution in [3.8, 4) is 0 Å². The van der Waals surface area contributed by atoms with E-state index in [-0.39, 0.29) is 0 Å². The van der Waals surface area contributed by atoms with Gasteiger partial charge in [0.2, 0.25) is 0 Å². The lowest BCUT2D eigenvalue weighted by atomic mass is 9.81. The lowest BCUT2D eigenvalue weighted by molar-refractivity contribution is 0.246. The molecule has 120 valence electrons. The maximum atomic E-state index is 3.81. The van der Waals surface area contributed by atoms with Gasteiger partial charge in [0.25, 0.3) is 0 Å². The molecule has 0 amide bonds. The number of hydrogen-bond donors (Lipinski definition) is 1. The van der Waals surface area contributed by atoms with Crippen LogP contribution >= 0.6 is 0 Å². The van der Waals surface area contributed by atoms with Gasteiger partial charge < -0.3 is 10.2 Å². The summed E-state index contributed by atoms with van der Waals surface area (Å²) in [5, 5.41) is 3.81. The summed E-state index contributed by atoms with van der Waals surface area (Å²) < 4.78 is 0. The van der Waals surface area contributed by atoms with Crippen LogP contribution in [0.2, 0.25) is 0 Å². The maximum absolute atomic E-state index is 3.81. The summed E-state index contributed by atoms with van der Waals surface area (Å²) in [6.45, 7) is 11.7. The van der Waals surface area contributed by atoms with Gasteiger partial charge in [-0.2, -0.15) is 0 Å². The Bertz CT molecular complexity index is 238. The van der Waals surface area contributed by atoms with Crippen molar-refractivity contribution in [1.82, 2.24) is 10.2 Å². The minimum absolute atomic E-state index is 0.679. The van der Waals surface area contributed by atoms with Gasteiger partial charge >= 0.3 is 0 Å². The van der Waals surface area contributed by atoms with Crippen LogP contribution < -0.4 is 5.32 Å². The molecule has 1 saturated carbocycles. The zero-order chi connectivity index (χ0) is 15.0. The second kappa shape index (κ2) is 9.78. The average molecular weight is 283 g/mol. The first-order valence-electron chi connectivity index (χ1n) is 8.92. The number of rotatable bonds is 9. The molecule has 0 aromatic carbocycles. The molecule has 1 N–H and O–H groups in total. The third-order valence-electron chi connectivity index (χ3n) is 4.84. The Balaban J connectivity index is 2.06. The Labute approximate surface area is 127 Å². The van der Waals surface area contributed by atoms with Gasteiger partial charge in [0.05, 0.1) is 0 Å². The normalized spacial score (nSPS) is 24.0. The fourth-order valence-corrected chi connectivity index (χ4v) is 3.41. The summed E-state index contributed by atoms with van der Waals surface area (Å²) >= 11 is 0. The maximum Gasteiger partial charge on any atom is 0.00697 e. The zero-order valence-electron chi connectivity index (χ0n) is 14.6. The van der Waals surface area contributed by atoms with Crippen molar-refractivity contribution in [3.63, 3.8) is 0 Å². The van der Waals surface area contributed by atoms with Crippen LogP contribution in [0.4, 0.5) is 0 Å². The Morgan fingerprint density at radius 1 is 1.10 bits per heavy atom. The van der Waals surface area contributed by atoms with Gasteiger partial charge in [-0.25, -0.2) is 0 Å². The fraction of sp³-hybridized carbons (Fsp3) is 1.00. The number of nitrogens with one attached hydrogen (secondary N) is 1. The molecular weight excluding hydrogens is 244 g/mol. The number of unbranched alkanes of at least 4 members (excludes halogenated alkanes) is 1. The molecule has 0 aromatic rings. The molecule has 1 rings (SSSR count). The van der Waals surface area contributed by atoms with E-state index < -0.39 is 0 Å². The van der Waals surface area contributed by atoms with Gasteiger partial charge in [-0.05, 0) is 77.9 Å². The number of nitrogens with zero attached hydrogens (tertiary/aromatic N) is 1. The third kappa shape index (κ3) is 7.64. The predicted octanol–water partition coefficient (Wildman–Crippen LogP) is 4.30. The van der Waals surface area contributed by atoms with E-state index in [0.717, 1.165) is 17.9 Å². The quantitative estimate of drug-likeness (QED) is 0.634. The van der Waals surface area contributed by atoms with Gasteiger partial charge in [0.1, 0.15) is 0 Å². The largest absolute Gasteiger partial charge is 0.314 e. The monoisotopic (exact) mass is 282 g/mol. The molecule has 0 aromatic heterocycles. The van der Waals surface area contributed by atoms with Gasteiger partial charge in [-0.1, -0.05) is 26.7 Å². The van der Waals surface area contributed by atoms with Crippen LogP contribution in [-0.4, -0.2) is 37.1 Å². The van der Waals surface area contributed by atoms with Crippen molar-refractivity contribution in [2.24, 2.45) is 11.8 Å². The fourth-order valence-electron chi connectivity index (χ4n) is 3.41. The van der Waals surface area contributed by atoms with Crippen LogP contribution in [0.5, 0.6) is 0 Å². The van der Waals surface area contributed by atoms with E-state index in [9.17, 15) is 0 Å². The Hall–Kier alpha value is -0.0800. The van der Waals surface area contributed by atoms with Crippen LogP contribution in [0, 0.1) is 11.8 Å². The topological polar surface area (TPSA) is 15.3 Å². The van der Waals surface area contributed by atoms with E-state index >= 15 is 0 Å². The lowest BCUT2D eigenvalue weighted by Gasteiger charge is -2.31. The summed E-state index contributed by atoms with van der Waals surface area (Å²) in [6.07, 6.45) is 9.80. The van der Waals surface area contributed by atoms with Gasteiger partial charge in [-0.3, -0.25) is 0 Å². The van der Waals surface area contributed by atoms with Crippen molar-refractivity contribution in [2.75, 3.05) is 20.1 Å². The first-order chi connectivity index (χ1) is 9.49. The van der Waals surface area contributed by atoms with Gasteiger partial charge in [0.15, 0.2) is 0 Å². The minimum Gasteiger partial charge on any atom is -0.314 e. The second-order valence-electron chi connectivity index (χ2n) is 7.59. The van der Waals surface area contributed by atoms with Crippen molar-refractivity contribution >= 4 is 0 Å². The molecule has 2 heteroatoms. The Morgan fingerprint density at radius 2 is 1.85 bits per heavy atom. The van der Waals surface area contributed by atoms with Gasteiger partial charge in [-0.15, -0.1) is 0 Å². The molecule has 20 heavy (non-hydrogen) atoms. The summed E-state index contributed by atoms with van der Waals surface area (Å²) in [4.78, 5) is 2.44. The van der Waals surface area contributed by atoms with Crippen LogP contribution in [0.1, 0.15) is 72.6 Å². The lowest BCUT2D eigenvalue weighted by Crippen LogP contribution is -2.35. The summed E-state index contributed by atoms with van der Waals surface area (Å²) in [5.74, 6) is 1.85. The van der Waals surface area contributed by atoms with E-state index in [1.54, 1.807) is 0 Å². The molecule has 1 aliphatic rings. The SMILES string of the molecule is CC(C)CC1CCCC(NCCCCN(C)C(C)C)C1. The van der Waals surface area contributed by atoms with Crippen molar-refractivity contribution in [2.45, 2.75) is 84.7 Å². The third-order valence-corrected chi connectivity index (χ3v) is 4.84.